The van der Waals surface area contributed by atoms with E-state index in [9.17, 15) is 17.2 Å². The quantitative estimate of drug-likeness (QED) is 0.887. The largest absolute Gasteiger partial charge is 0.381 e. The van der Waals surface area contributed by atoms with Crippen molar-refractivity contribution in [1.82, 2.24) is 0 Å². The zero-order valence-corrected chi connectivity index (χ0v) is 9.18. The molecule has 88 valence electrons. The number of rotatable bonds is 4. The number of alkyl halides is 2. The lowest BCUT2D eigenvalue weighted by molar-refractivity contribution is 0.235. The van der Waals surface area contributed by atoms with Crippen LogP contribution in [0, 0.1) is 0 Å². The summed E-state index contributed by atoms with van der Waals surface area (Å²) >= 11 is 0. The summed E-state index contributed by atoms with van der Waals surface area (Å²) in [7, 11) is -4.52. The lowest BCUT2D eigenvalue weighted by Crippen LogP contribution is -2.14. The molecule has 1 aliphatic carbocycles. The summed E-state index contributed by atoms with van der Waals surface area (Å²) in [5, 5.41) is 2.93. The third kappa shape index (κ3) is 2.16. The molecule has 1 aliphatic rings. The van der Waals surface area contributed by atoms with Crippen LogP contribution in [-0.4, -0.2) is 20.2 Å². The van der Waals surface area contributed by atoms with E-state index in [0.717, 1.165) is 12.8 Å². The molecule has 0 unspecified atom stereocenters. The predicted molar refractivity (Wildman–Crippen MR) is 56.3 cm³/mol. The molecule has 1 N–H and O–H groups in total. The first kappa shape index (κ1) is 11.3. The molecule has 0 amide bonds. The summed E-state index contributed by atoms with van der Waals surface area (Å²) in [4.78, 5) is -0.322. The van der Waals surface area contributed by atoms with Gasteiger partial charge in [0.1, 0.15) is 0 Å². The summed E-state index contributed by atoms with van der Waals surface area (Å²) in [6.07, 6.45) is 1.89. The van der Waals surface area contributed by atoms with Gasteiger partial charge in [-0.2, -0.15) is 8.78 Å². The van der Waals surface area contributed by atoms with Gasteiger partial charge in [-0.3, -0.25) is 0 Å². The van der Waals surface area contributed by atoms with E-state index in [1.54, 1.807) is 6.07 Å². The molecule has 1 fully saturated rings. The number of hydrogen-bond acceptors (Lipinski definition) is 3. The highest BCUT2D eigenvalue weighted by Gasteiger charge is 2.30. The molecule has 0 atom stereocenters. The first-order valence-corrected chi connectivity index (χ1v) is 6.44. The molecule has 0 radical (unpaired) electrons. The summed E-state index contributed by atoms with van der Waals surface area (Å²) in [5.74, 6) is -3.38. The third-order valence-electron chi connectivity index (χ3n) is 2.37. The van der Waals surface area contributed by atoms with Gasteiger partial charge in [-0.1, -0.05) is 12.1 Å². The van der Waals surface area contributed by atoms with Gasteiger partial charge in [-0.05, 0) is 25.0 Å². The van der Waals surface area contributed by atoms with Crippen molar-refractivity contribution in [3.63, 3.8) is 0 Å². The number of para-hydroxylation sites is 1. The molecule has 0 aromatic heterocycles. The van der Waals surface area contributed by atoms with Crippen molar-refractivity contribution in [2.45, 2.75) is 29.5 Å². The number of nitrogens with one attached hydrogen (secondary N) is 1. The van der Waals surface area contributed by atoms with Crippen molar-refractivity contribution in [3.05, 3.63) is 24.3 Å². The average Bonchev–Trinajstić information content (AvgIpc) is 3.02. The molecule has 2 rings (SSSR count). The summed E-state index contributed by atoms with van der Waals surface area (Å²) in [5.41, 5.74) is 0.269. The van der Waals surface area contributed by atoms with Crippen molar-refractivity contribution in [2.75, 3.05) is 5.32 Å². The van der Waals surface area contributed by atoms with E-state index in [0.29, 0.717) is 0 Å². The maximum absolute atomic E-state index is 12.4. The standard InChI is InChI=1S/C10H11F2NO2S/c11-10(12)16(14,15)9-4-2-1-3-8(9)13-7-5-6-7/h1-4,7,10,13H,5-6H2. The monoisotopic (exact) mass is 247 g/mol. The van der Waals surface area contributed by atoms with Gasteiger partial charge in [0.25, 0.3) is 0 Å². The number of halogens is 2. The molecule has 1 aromatic carbocycles. The summed E-state index contributed by atoms with van der Waals surface area (Å²) in [6, 6.07) is 5.98. The fraction of sp³-hybridized carbons (Fsp3) is 0.400. The Balaban J connectivity index is 2.39. The first-order chi connectivity index (χ1) is 7.51. The first-order valence-electron chi connectivity index (χ1n) is 4.89. The van der Waals surface area contributed by atoms with Crippen LogP contribution in [0.15, 0.2) is 29.2 Å². The van der Waals surface area contributed by atoms with Crippen LogP contribution in [0.2, 0.25) is 0 Å². The van der Waals surface area contributed by atoms with Crippen LogP contribution in [0.1, 0.15) is 12.8 Å². The Bertz CT molecular complexity index is 483. The van der Waals surface area contributed by atoms with Crippen molar-refractivity contribution in [1.29, 1.82) is 0 Å². The van der Waals surface area contributed by atoms with Crippen LogP contribution in [0.3, 0.4) is 0 Å². The van der Waals surface area contributed by atoms with Crippen molar-refractivity contribution in [3.8, 4) is 0 Å². The number of benzene rings is 1. The van der Waals surface area contributed by atoms with E-state index < -0.39 is 15.6 Å². The molecule has 0 saturated heterocycles. The van der Waals surface area contributed by atoms with E-state index in [1.807, 2.05) is 0 Å². The highest BCUT2D eigenvalue weighted by molar-refractivity contribution is 7.91. The molecule has 0 spiro atoms. The van der Waals surface area contributed by atoms with E-state index in [4.69, 9.17) is 0 Å². The SMILES string of the molecule is O=S(=O)(c1ccccc1NC1CC1)C(F)F. The molecule has 0 heterocycles. The highest BCUT2D eigenvalue weighted by Crippen LogP contribution is 2.30. The lowest BCUT2D eigenvalue weighted by atomic mass is 10.3. The molecule has 1 aromatic rings. The Morgan fingerprint density at radius 2 is 1.88 bits per heavy atom. The van der Waals surface area contributed by atoms with Gasteiger partial charge in [0.15, 0.2) is 0 Å². The fourth-order valence-electron chi connectivity index (χ4n) is 1.38. The maximum Gasteiger partial charge on any atom is 0.341 e. The topological polar surface area (TPSA) is 46.2 Å². The number of anilines is 1. The third-order valence-corrected chi connectivity index (χ3v) is 3.80. The van der Waals surface area contributed by atoms with Gasteiger partial charge < -0.3 is 5.32 Å². The Morgan fingerprint density at radius 3 is 2.44 bits per heavy atom. The minimum atomic E-state index is -4.52. The van der Waals surface area contributed by atoms with Crippen LogP contribution in [0.5, 0.6) is 0 Å². The predicted octanol–water partition coefficient (Wildman–Crippen LogP) is 2.26. The van der Waals surface area contributed by atoms with E-state index in [2.05, 4.69) is 5.32 Å². The zero-order valence-electron chi connectivity index (χ0n) is 8.36. The summed E-state index contributed by atoms with van der Waals surface area (Å²) < 4.78 is 47.6. The van der Waals surface area contributed by atoms with Crippen LogP contribution in [0.25, 0.3) is 0 Å². The second kappa shape index (κ2) is 4.01. The smallest absolute Gasteiger partial charge is 0.341 e. The molecular formula is C10H11F2NO2S. The van der Waals surface area contributed by atoms with Crippen LogP contribution >= 0.6 is 0 Å². The fourth-order valence-corrected chi connectivity index (χ4v) is 2.27. The second-order valence-corrected chi connectivity index (χ2v) is 5.61. The molecule has 16 heavy (non-hydrogen) atoms. The minimum Gasteiger partial charge on any atom is -0.381 e. The van der Waals surface area contributed by atoms with Crippen LogP contribution < -0.4 is 5.32 Å². The Morgan fingerprint density at radius 1 is 1.25 bits per heavy atom. The average molecular weight is 247 g/mol. The Labute approximate surface area is 92.4 Å². The van der Waals surface area contributed by atoms with E-state index >= 15 is 0 Å². The molecule has 0 aliphatic heterocycles. The van der Waals surface area contributed by atoms with Crippen LogP contribution in [0.4, 0.5) is 14.5 Å². The molecule has 0 bridgehead atoms. The van der Waals surface area contributed by atoms with Crippen molar-refractivity contribution < 1.29 is 17.2 Å². The highest BCUT2D eigenvalue weighted by atomic mass is 32.2. The minimum absolute atomic E-state index is 0.217. The normalized spacial score (nSPS) is 16.4. The Hall–Kier alpha value is -1.17. The van der Waals surface area contributed by atoms with Gasteiger partial charge in [0.05, 0.1) is 10.6 Å². The second-order valence-electron chi connectivity index (χ2n) is 3.72. The van der Waals surface area contributed by atoms with Gasteiger partial charge in [0, 0.05) is 6.04 Å². The van der Waals surface area contributed by atoms with Gasteiger partial charge >= 0.3 is 5.76 Å². The Kier molecular flexibility index (Phi) is 2.84. The van der Waals surface area contributed by atoms with Crippen molar-refractivity contribution >= 4 is 15.5 Å². The van der Waals surface area contributed by atoms with Gasteiger partial charge in [-0.15, -0.1) is 0 Å². The maximum atomic E-state index is 12.4. The summed E-state index contributed by atoms with van der Waals surface area (Å²) in [6.45, 7) is 0. The van der Waals surface area contributed by atoms with E-state index in [-0.39, 0.29) is 16.6 Å². The molecule has 1 saturated carbocycles. The van der Waals surface area contributed by atoms with Crippen LogP contribution in [-0.2, 0) is 9.84 Å². The molecule has 6 heteroatoms. The zero-order chi connectivity index (χ0) is 11.8. The van der Waals surface area contributed by atoms with Gasteiger partial charge in [-0.25, -0.2) is 8.42 Å². The lowest BCUT2D eigenvalue weighted by Gasteiger charge is -2.11. The van der Waals surface area contributed by atoms with Gasteiger partial charge in [0.2, 0.25) is 9.84 Å². The van der Waals surface area contributed by atoms with E-state index in [1.165, 1.54) is 18.2 Å². The number of hydrogen-bond donors (Lipinski definition) is 1. The number of sulfone groups is 1. The van der Waals surface area contributed by atoms with Crippen molar-refractivity contribution in [2.24, 2.45) is 0 Å². The molecular weight excluding hydrogens is 236 g/mol. The molecule has 3 nitrogen and oxygen atoms in total.